The van der Waals surface area contributed by atoms with E-state index in [9.17, 15) is 14.7 Å². The van der Waals surface area contributed by atoms with Crippen LogP contribution in [0.15, 0.2) is 0 Å². The highest BCUT2D eigenvalue weighted by molar-refractivity contribution is 5.84. The van der Waals surface area contributed by atoms with Crippen LogP contribution in [0.4, 0.5) is 0 Å². The second-order valence-corrected chi connectivity index (χ2v) is 5.85. The maximum atomic E-state index is 12.1. The fraction of sp³-hybridized carbons (Fsp3) is 0.846. The van der Waals surface area contributed by atoms with Gasteiger partial charge in [0.25, 0.3) is 0 Å². The molecule has 0 aromatic carbocycles. The van der Waals surface area contributed by atoms with Gasteiger partial charge in [0.05, 0.1) is 12.6 Å². The van der Waals surface area contributed by atoms with Crippen molar-refractivity contribution in [3.63, 3.8) is 0 Å². The first-order chi connectivity index (χ1) is 8.42. The Morgan fingerprint density at radius 3 is 2.83 bits per heavy atom. The van der Waals surface area contributed by atoms with Crippen molar-refractivity contribution in [1.29, 1.82) is 0 Å². The molecule has 1 aliphatic carbocycles. The van der Waals surface area contributed by atoms with Crippen LogP contribution in [0.3, 0.4) is 0 Å². The van der Waals surface area contributed by atoms with Gasteiger partial charge >= 0.3 is 0 Å². The molecule has 0 bridgehead atoms. The molecular formula is C13H22N2O3. The Morgan fingerprint density at radius 2 is 2.17 bits per heavy atom. The first-order valence-corrected chi connectivity index (χ1v) is 6.64. The lowest BCUT2D eigenvalue weighted by Gasteiger charge is -2.41. The minimum absolute atomic E-state index is 0.00434. The lowest BCUT2D eigenvalue weighted by Crippen LogP contribution is -2.48. The number of rotatable bonds is 2. The summed E-state index contributed by atoms with van der Waals surface area (Å²) < 4.78 is 0. The minimum atomic E-state index is -0.225. The van der Waals surface area contributed by atoms with Gasteiger partial charge in [0, 0.05) is 19.5 Å². The van der Waals surface area contributed by atoms with Gasteiger partial charge in [-0.1, -0.05) is 6.92 Å². The molecule has 0 aromatic heterocycles. The number of hydrogen-bond donors (Lipinski definition) is 2. The van der Waals surface area contributed by atoms with Gasteiger partial charge in [-0.3, -0.25) is 9.59 Å². The number of nitrogens with zero attached hydrogens (tertiary/aromatic N) is 1. The number of fused-ring (bicyclic) bond motifs is 1. The van der Waals surface area contributed by atoms with Crippen LogP contribution in [-0.2, 0) is 9.59 Å². The lowest BCUT2D eigenvalue weighted by molar-refractivity contribution is -0.135. The smallest absolute Gasteiger partial charge is 0.242 e. The number of aliphatic hydroxyl groups is 1. The third-order valence-corrected chi connectivity index (χ3v) is 4.39. The molecule has 0 spiro atoms. The van der Waals surface area contributed by atoms with E-state index in [1.165, 1.54) is 6.92 Å². The molecule has 18 heavy (non-hydrogen) atoms. The molecule has 1 saturated carbocycles. The zero-order valence-corrected chi connectivity index (χ0v) is 11.1. The van der Waals surface area contributed by atoms with Crippen LogP contribution in [0, 0.1) is 5.41 Å². The third-order valence-electron chi connectivity index (χ3n) is 4.39. The number of likely N-dealkylation sites (tertiary alicyclic amines) is 1. The zero-order valence-electron chi connectivity index (χ0n) is 11.1. The number of carbonyl (C=O) groups is 2. The van der Waals surface area contributed by atoms with Gasteiger partial charge in [-0.25, -0.2) is 0 Å². The number of amides is 2. The fourth-order valence-corrected chi connectivity index (χ4v) is 3.41. The molecule has 2 aliphatic rings. The van der Waals surface area contributed by atoms with Crippen molar-refractivity contribution in [2.24, 2.45) is 5.41 Å². The molecule has 2 N–H and O–H groups in total. The van der Waals surface area contributed by atoms with Crippen LogP contribution in [0.2, 0.25) is 0 Å². The van der Waals surface area contributed by atoms with Gasteiger partial charge in [-0.2, -0.15) is 0 Å². The van der Waals surface area contributed by atoms with Gasteiger partial charge < -0.3 is 15.3 Å². The van der Waals surface area contributed by atoms with Gasteiger partial charge in [0.1, 0.15) is 0 Å². The predicted molar refractivity (Wildman–Crippen MR) is 66.8 cm³/mol. The molecule has 3 atom stereocenters. The average Bonchev–Trinajstić information content (AvgIpc) is 2.62. The quantitative estimate of drug-likeness (QED) is 0.743. The Kier molecular flexibility index (Phi) is 3.61. The summed E-state index contributed by atoms with van der Waals surface area (Å²) in [4.78, 5) is 24.8. The van der Waals surface area contributed by atoms with E-state index in [0.29, 0.717) is 0 Å². The molecule has 1 saturated heterocycles. The summed E-state index contributed by atoms with van der Waals surface area (Å²) in [6, 6.07) is 0.224. The van der Waals surface area contributed by atoms with Crippen LogP contribution in [0.25, 0.3) is 0 Å². The number of hydrogen-bond acceptors (Lipinski definition) is 3. The minimum Gasteiger partial charge on any atom is -0.393 e. The van der Waals surface area contributed by atoms with E-state index in [2.05, 4.69) is 12.2 Å². The van der Waals surface area contributed by atoms with E-state index in [0.717, 1.165) is 32.2 Å². The van der Waals surface area contributed by atoms with Crippen molar-refractivity contribution >= 4 is 11.8 Å². The van der Waals surface area contributed by atoms with Gasteiger partial charge in [0.2, 0.25) is 11.8 Å². The Bertz CT molecular complexity index is 358. The molecule has 5 heteroatoms. The van der Waals surface area contributed by atoms with Crippen molar-refractivity contribution < 1.29 is 14.7 Å². The standard InChI is InChI=1S/C13H22N2O3/c1-9(16)14-8-12(18)15-6-5-13(2)7-10(17)3-4-11(13)15/h10-11,17H,3-8H2,1-2H3,(H,14,16)/t10-,11-,13+/m1/s1. The molecule has 102 valence electrons. The van der Waals surface area contributed by atoms with Crippen LogP contribution in [-0.4, -0.2) is 47.1 Å². The molecule has 0 radical (unpaired) electrons. The molecule has 0 aromatic rings. The van der Waals surface area contributed by atoms with Crippen LogP contribution in [0.5, 0.6) is 0 Å². The Balaban J connectivity index is 1.99. The van der Waals surface area contributed by atoms with Crippen molar-refractivity contribution in [3.05, 3.63) is 0 Å². The molecule has 1 heterocycles. The number of carbonyl (C=O) groups excluding carboxylic acids is 2. The Labute approximate surface area is 108 Å². The van der Waals surface area contributed by atoms with E-state index < -0.39 is 0 Å². The number of aliphatic hydroxyl groups excluding tert-OH is 1. The van der Waals surface area contributed by atoms with Crippen molar-refractivity contribution in [1.82, 2.24) is 10.2 Å². The fourth-order valence-electron chi connectivity index (χ4n) is 3.41. The zero-order chi connectivity index (χ0) is 13.3. The molecular weight excluding hydrogens is 232 g/mol. The van der Waals surface area contributed by atoms with Gasteiger partial charge in [-0.15, -0.1) is 0 Å². The average molecular weight is 254 g/mol. The SMILES string of the molecule is CC(=O)NCC(=O)N1CC[C@@]2(C)C[C@H](O)CC[C@@H]12. The van der Waals surface area contributed by atoms with Crippen LogP contribution < -0.4 is 5.32 Å². The summed E-state index contributed by atoms with van der Waals surface area (Å²) in [6.07, 6.45) is 3.13. The normalized spacial score (nSPS) is 35.2. The molecule has 5 nitrogen and oxygen atoms in total. The first-order valence-electron chi connectivity index (χ1n) is 6.64. The highest BCUT2D eigenvalue weighted by atomic mass is 16.3. The van der Waals surface area contributed by atoms with E-state index in [1.54, 1.807) is 0 Å². The third kappa shape index (κ3) is 2.51. The van der Waals surface area contributed by atoms with Crippen molar-refractivity contribution in [3.8, 4) is 0 Å². The molecule has 0 unspecified atom stereocenters. The highest BCUT2D eigenvalue weighted by Gasteiger charge is 2.48. The van der Waals surface area contributed by atoms with E-state index in [-0.39, 0.29) is 35.9 Å². The molecule has 2 amide bonds. The van der Waals surface area contributed by atoms with Gasteiger partial charge in [0.15, 0.2) is 0 Å². The summed E-state index contributed by atoms with van der Waals surface area (Å²) >= 11 is 0. The topological polar surface area (TPSA) is 69.6 Å². The summed E-state index contributed by atoms with van der Waals surface area (Å²) in [5.74, 6) is -0.181. The van der Waals surface area contributed by atoms with Crippen LogP contribution >= 0.6 is 0 Å². The predicted octanol–water partition coefficient (Wildman–Crippen LogP) is 0.274. The van der Waals surface area contributed by atoms with Crippen LogP contribution in [0.1, 0.15) is 39.5 Å². The first kappa shape index (κ1) is 13.3. The summed E-state index contributed by atoms with van der Waals surface area (Å²) in [5, 5.41) is 12.3. The highest BCUT2D eigenvalue weighted by Crippen LogP contribution is 2.46. The molecule has 2 rings (SSSR count). The summed E-state index contributed by atoms with van der Waals surface area (Å²) in [5.41, 5.74) is 0.0452. The summed E-state index contributed by atoms with van der Waals surface area (Å²) in [7, 11) is 0. The maximum Gasteiger partial charge on any atom is 0.242 e. The second kappa shape index (κ2) is 4.88. The maximum absolute atomic E-state index is 12.1. The Morgan fingerprint density at radius 1 is 1.44 bits per heavy atom. The molecule has 2 fully saturated rings. The van der Waals surface area contributed by atoms with E-state index in [1.807, 2.05) is 4.90 Å². The van der Waals surface area contributed by atoms with Gasteiger partial charge in [-0.05, 0) is 31.1 Å². The van der Waals surface area contributed by atoms with Crippen molar-refractivity contribution in [2.75, 3.05) is 13.1 Å². The monoisotopic (exact) mass is 254 g/mol. The number of nitrogens with one attached hydrogen (secondary N) is 1. The Hall–Kier alpha value is -1.10. The summed E-state index contributed by atoms with van der Waals surface area (Å²) in [6.45, 7) is 4.40. The van der Waals surface area contributed by atoms with Crippen molar-refractivity contribution in [2.45, 2.75) is 51.7 Å². The van der Waals surface area contributed by atoms with E-state index >= 15 is 0 Å². The molecule has 1 aliphatic heterocycles. The lowest BCUT2D eigenvalue weighted by atomic mass is 9.71. The second-order valence-electron chi connectivity index (χ2n) is 5.85. The largest absolute Gasteiger partial charge is 0.393 e. The van der Waals surface area contributed by atoms with E-state index in [4.69, 9.17) is 0 Å².